The lowest BCUT2D eigenvalue weighted by atomic mass is 9.99. The quantitative estimate of drug-likeness (QED) is 0.460. The minimum atomic E-state index is 0. The Morgan fingerprint density at radius 3 is 2.50 bits per heavy atom. The van der Waals surface area contributed by atoms with Crippen LogP contribution in [0.4, 0.5) is 0 Å². The maximum Gasteiger partial charge on any atom is 0.190 e. The van der Waals surface area contributed by atoms with Crippen LogP contribution in [0.2, 0.25) is 0 Å². The third-order valence-electron chi connectivity index (χ3n) is 3.06. The van der Waals surface area contributed by atoms with Crippen LogP contribution in [0.5, 0.6) is 0 Å². The Kier molecular flexibility index (Phi) is 9.02. The zero-order chi connectivity index (χ0) is 11.1. The van der Waals surface area contributed by atoms with Crippen molar-refractivity contribution < 1.29 is 0 Å². The number of hydrogen-bond acceptors (Lipinski definition) is 2. The zero-order valence-electron chi connectivity index (χ0n) is 10.6. The van der Waals surface area contributed by atoms with Gasteiger partial charge in [-0.2, -0.15) is 0 Å². The normalized spacial score (nSPS) is 19.1. The lowest BCUT2D eigenvalue weighted by molar-refractivity contribution is 0.195. The first kappa shape index (κ1) is 16.0. The van der Waals surface area contributed by atoms with Gasteiger partial charge in [0.05, 0.1) is 0 Å². The van der Waals surface area contributed by atoms with Crippen molar-refractivity contribution in [2.75, 3.05) is 40.3 Å². The Bertz CT molecular complexity index is 200. The van der Waals surface area contributed by atoms with Gasteiger partial charge in [0, 0.05) is 27.2 Å². The molecule has 0 amide bonds. The van der Waals surface area contributed by atoms with Gasteiger partial charge in [-0.25, -0.2) is 0 Å². The molecule has 0 saturated carbocycles. The van der Waals surface area contributed by atoms with Crippen LogP contribution < -0.4 is 10.6 Å². The molecule has 1 rings (SSSR count). The van der Waals surface area contributed by atoms with E-state index in [9.17, 15) is 0 Å². The average Bonchev–Trinajstić information content (AvgIpc) is 2.27. The molecule has 0 unspecified atom stereocenters. The second-order valence-corrected chi connectivity index (χ2v) is 4.27. The first-order valence-electron chi connectivity index (χ1n) is 5.87. The maximum atomic E-state index is 4.08. The van der Waals surface area contributed by atoms with Crippen LogP contribution in [0.3, 0.4) is 0 Å². The van der Waals surface area contributed by atoms with E-state index in [0.717, 1.165) is 25.0 Å². The lowest BCUT2D eigenvalue weighted by Crippen LogP contribution is -2.42. The van der Waals surface area contributed by atoms with Crippen molar-refractivity contribution in [2.45, 2.75) is 19.8 Å². The van der Waals surface area contributed by atoms with Crippen molar-refractivity contribution in [1.29, 1.82) is 0 Å². The van der Waals surface area contributed by atoms with E-state index < -0.39 is 0 Å². The summed E-state index contributed by atoms with van der Waals surface area (Å²) in [7, 11) is 3.68. The topological polar surface area (TPSA) is 39.7 Å². The van der Waals surface area contributed by atoms with Crippen LogP contribution in [-0.2, 0) is 0 Å². The minimum Gasteiger partial charge on any atom is -0.359 e. The van der Waals surface area contributed by atoms with Crippen LogP contribution in [0.25, 0.3) is 0 Å². The molecule has 1 aliphatic heterocycles. The molecule has 2 N–H and O–H groups in total. The van der Waals surface area contributed by atoms with Crippen molar-refractivity contribution in [3.63, 3.8) is 0 Å². The Morgan fingerprint density at radius 1 is 1.38 bits per heavy atom. The molecule has 1 fully saturated rings. The van der Waals surface area contributed by atoms with Crippen molar-refractivity contribution >= 4 is 29.9 Å². The fraction of sp³-hybridized carbons (Fsp3) is 0.909. The molecular weight excluding hydrogens is 315 g/mol. The molecule has 0 spiro atoms. The molecule has 0 bridgehead atoms. The third kappa shape index (κ3) is 5.89. The number of piperidine rings is 1. The number of aliphatic imine (C=N–C) groups is 1. The molecule has 0 aromatic heterocycles. The molecule has 0 aliphatic carbocycles. The van der Waals surface area contributed by atoms with E-state index >= 15 is 0 Å². The standard InChI is InChI=1S/C11H24N4.HI/c1-10-4-7-15(8-5-10)9-6-14-11(12-2)13-3;/h10H,4-9H2,1-3H3,(H2,12,13,14);1H. The van der Waals surface area contributed by atoms with Crippen molar-refractivity contribution in [3.05, 3.63) is 0 Å². The first-order chi connectivity index (χ1) is 7.26. The van der Waals surface area contributed by atoms with Crippen LogP contribution in [0, 0.1) is 5.92 Å². The summed E-state index contributed by atoms with van der Waals surface area (Å²) in [6.45, 7) is 6.94. The summed E-state index contributed by atoms with van der Waals surface area (Å²) in [4.78, 5) is 6.60. The molecular formula is C11H25IN4. The summed E-state index contributed by atoms with van der Waals surface area (Å²) in [6.07, 6.45) is 2.70. The number of rotatable bonds is 3. The second kappa shape index (κ2) is 9.04. The van der Waals surface area contributed by atoms with Gasteiger partial charge in [0.25, 0.3) is 0 Å². The largest absolute Gasteiger partial charge is 0.359 e. The summed E-state index contributed by atoms with van der Waals surface area (Å²) in [5, 5.41) is 6.29. The molecule has 96 valence electrons. The average molecular weight is 340 g/mol. The van der Waals surface area contributed by atoms with Crippen LogP contribution >= 0.6 is 24.0 Å². The number of guanidine groups is 1. The number of halogens is 1. The molecule has 4 nitrogen and oxygen atoms in total. The molecule has 5 heteroatoms. The zero-order valence-corrected chi connectivity index (χ0v) is 13.0. The molecule has 0 radical (unpaired) electrons. The third-order valence-corrected chi connectivity index (χ3v) is 3.06. The van der Waals surface area contributed by atoms with Crippen molar-refractivity contribution in [3.8, 4) is 0 Å². The highest BCUT2D eigenvalue weighted by Gasteiger charge is 2.14. The Labute approximate surface area is 116 Å². The number of nitrogens with one attached hydrogen (secondary N) is 2. The van der Waals surface area contributed by atoms with E-state index in [0.29, 0.717) is 0 Å². The molecule has 16 heavy (non-hydrogen) atoms. The van der Waals surface area contributed by atoms with E-state index in [1.165, 1.54) is 25.9 Å². The van der Waals surface area contributed by atoms with Crippen LogP contribution in [0.15, 0.2) is 4.99 Å². The SMILES string of the molecule is CN=C(NC)NCCN1CCC(C)CC1.I. The van der Waals surface area contributed by atoms with E-state index in [2.05, 4.69) is 27.4 Å². The van der Waals surface area contributed by atoms with Crippen molar-refractivity contribution in [2.24, 2.45) is 10.9 Å². The second-order valence-electron chi connectivity index (χ2n) is 4.27. The minimum absolute atomic E-state index is 0. The summed E-state index contributed by atoms with van der Waals surface area (Å²) in [6, 6.07) is 0. The number of hydrogen-bond donors (Lipinski definition) is 2. The van der Waals surface area contributed by atoms with Gasteiger partial charge in [-0.05, 0) is 31.8 Å². The van der Waals surface area contributed by atoms with Crippen LogP contribution in [0.1, 0.15) is 19.8 Å². The fourth-order valence-corrected chi connectivity index (χ4v) is 1.90. The molecule has 0 aromatic rings. The monoisotopic (exact) mass is 340 g/mol. The smallest absolute Gasteiger partial charge is 0.190 e. The lowest BCUT2D eigenvalue weighted by Gasteiger charge is -2.30. The maximum absolute atomic E-state index is 4.08. The summed E-state index contributed by atoms with van der Waals surface area (Å²) in [5.41, 5.74) is 0. The van der Waals surface area contributed by atoms with Gasteiger partial charge in [-0.1, -0.05) is 6.92 Å². The van der Waals surface area contributed by atoms with Gasteiger partial charge in [-0.15, -0.1) is 24.0 Å². The van der Waals surface area contributed by atoms with Gasteiger partial charge >= 0.3 is 0 Å². The van der Waals surface area contributed by atoms with E-state index in [1.54, 1.807) is 7.05 Å². The van der Waals surface area contributed by atoms with E-state index in [1.807, 2.05) is 7.05 Å². The Balaban J connectivity index is 0.00000225. The van der Waals surface area contributed by atoms with E-state index in [4.69, 9.17) is 0 Å². The summed E-state index contributed by atoms with van der Waals surface area (Å²) >= 11 is 0. The highest BCUT2D eigenvalue weighted by Crippen LogP contribution is 2.14. The van der Waals surface area contributed by atoms with Gasteiger partial charge in [0.15, 0.2) is 5.96 Å². The molecule has 1 heterocycles. The highest BCUT2D eigenvalue weighted by molar-refractivity contribution is 14.0. The summed E-state index contributed by atoms with van der Waals surface area (Å²) < 4.78 is 0. The van der Waals surface area contributed by atoms with Gasteiger partial charge in [0.2, 0.25) is 0 Å². The molecule has 1 saturated heterocycles. The molecule has 0 aromatic carbocycles. The fourth-order valence-electron chi connectivity index (χ4n) is 1.90. The predicted octanol–water partition coefficient (Wildman–Crippen LogP) is 1.13. The van der Waals surface area contributed by atoms with Gasteiger partial charge < -0.3 is 15.5 Å². The van der Waals surface area contributed by atoms with Gasteiger partial charge in [0.1, 0.15) is 0 Å². The Hall–Kier alpha value is -0.0400. The molecule has 1 aliphatic rings. The summed E-state index contributed by atoms with van der Waals surface area (Å²) in [5.74, 6) is 1.79. The van der Waals surface area contributed by atoms with Gasteiger partial charge in [-0.3, -0.25) is 4.99 Å². The van der Waals surface area contributed by atoms with Crippen molar-refractivity contribution in [1.82, 2.24) is 15.5 Å². The highest BCUT2D eigenvalue weighted by atomic mass is 127. The van der Waals surface area contributed by atoms with E-state index in [-0.39, 0.29) is 24.0 Å². The number of nitrogens with zero attached hydrogens (tertiary/aromatic N) is 2. The van der Waals surface area contributed by atoms with Crippen LogP contribution in [-0.4, -0.2) is 51.1 Å². The molecule has 0 atom stereocenters. The predicted molar refractivity (Wildman–Crippen MR) is 80.7 cm³/mol. The number of likely N-dealkylation sites (tertiary alicyclic amines) is 1. The first-order valence-corrected chi connectivity index (χ1v) is 5.87. The Morgan fingerprint density at radius 2 is 2.00 bits per heavy atom.